The smallest absolute Gasteiger partial charge is 0.303 e. The van der Waals surface area contributed by atoms with Gasteiger partial charge in [-0.2, -0.15) is 0 Å². The van der Waals surface area contributed by atoms with Gasteiger partial charge in [0, 0.05) is 6.42 Å². The zero-order chi connectivity index (χ0) is 12.1. The van der Waals surface area contributed by atoms with Crippen LogP contribution in [0.15, 0.2) is 12.2 Å². The maximum atomic E-state index is 10.2. The van der Waals surface area contributed by atoms with E-state index in [1.807, 2.05) is 6.08 Å². The van der Waals surface area contributed by atoms with Crippen molar-refractivity contribution in [1.82, 2.24) is 0 Å². The first-order chi connectivity index (χ1) is 7.77. The molecule has 0 aromatic rings. The van der Waals surface area contributed by atoms with Gasteiger partial charge in [0.05, 0.1) is 0 Å². The summed E-state index contributed by atoms with van der Waals surface area (Å²) in [4.78, 5) is 10.2. The van der Waals surface area contributed by atoms with Gasteiger partial charge in [-0.25, -0.2) is 0 Å². The van der Waals surface area contributed by atoms with Crippen LogP contribution in [0.2, 0.25) is 0 Å². The zero-order valence-electron chi connectivity index (χ0n) is 10.6. The van der Waals surface area contributed by atoms with Crippen LogP contribution in [0, 0.1) is 0 Å². The average molecular weight is 226 g/mol. The Bertz CT molecular complexity index is 185. The molecule has 0 radical (unpaired) electrons. The molecule has 0 fully saturated rings. The van der Waals surface area contributed by atoms with Crippen molar-refractivity contribution >= 4 is 5.97 Å². The van der Waals surface area contributed by atoms with Gasteiger partial charge in [0.15, 0.2) is 0 Å². The largest absolute Gasteiger partial charge is 0.481 e. The quantitative estimate of drug-likeness (QED) is 0.414. The summed E-state index contributed by atoms with van der Waals surface area (Å²) < 4.78 is 0. The lowest BCUT2D eigenvalue weighted by Gasteiger charge is -1.98. The van der Waals surface area contributed by atoms with E-state index in [-0.39, 0.29) is 6.42 Å². The first-order valence-electron chi connectivity index (χ1n) is 6.64. The van der Waals surface area contributed by atoms with Crippen LogP contribution in [-0.4, -0.2) is 11.1 Å². The number of unbranched alkanes of at least 4 members (excludes halogenated alkanes) is 7. The second kappa shape index (κ2) is 12.3. The molecular formula is C14H26O2. The molecule has 0 heterocycles. The lowest BCUT2D eigenvalue weighted by Crippen LogP contribution is -1.91. The van der Waals surface area contributed by atoms with Gasteiger partial charge in [0.1, 0.15) is 0 Å². The number of carboxylic acids is 1. The van der Waals surface area contributed by atoms with Crippen LogP contribution in [0.4, 0.5) is 0 Å². The molecule has 0 saturated carbocycles. The van der Waals surface area contributed by atoms with Crippen molar-refractivity contribution in [3.05, 3.63) is 12.2 Å². The Morgan fingerprint density at radius 1 is 0.938 bits per heavy atom. The molecule has 94 valence electrons. The number of rotatable bonds is 11. The van der Waals surface area contributed by atoms with Gasteiger partial charge in [0.25, 0.3) is 0 Å². The highest BCUT2D eigenvalue weighted by Crippen LogP contribution is 2.08. The van der Waals surface area contributed by atoms with Crippen LogP contribution in [0.3, 0.4) is 0 Å². The minimum absolute atomic E-state index is 0.257. The van der Waals surface area contributed by atoms with Gasteiger partial charge in [0.2, 0.25) is 0 Å². The Morgan fingerprint density at radius 2 is 1.50 bits per heavy atom. The summed E-state index contributed by atoms with van der Waals surface area (Å²) in [7, 11) is 0. The molecule has 0 aliphatic heterocycles. The van der Waals surface area contributed by atoms with Gasteiger partial charge >= 0.3 is 5.97 Å². The molecule has 0 saturated heterocycles. The van der Waals surface area contributed by atoms with Gasteiger partial charge < -0.3 is 5.11 Å². The second-order valence-electron chi connectivity index (χ2n) is 4.31. The van der Waals surface area contributed by atoms with E-state index in [0.717, 1.165) is 6.42 Å². The van der Waals surface area contributed by atoms with Gasteiger partial charge in [-0.05, 0) is 19.3 Å². The SMILES string of the molecule is CCCCCCCCC/C=C\CCC(=O)O. The van der Waals surface area contributed by atoms with E-state index >= 15 is 0 Å². The molecule has 0 atom stereocenters. The van der Waals surface area contributed by atoms with Gasteiger partial charge in [-0.3, -0.25) is 4.79 Å². The molecule has 0 aliphatic rings. The summed E-state index contributed by atoms with van der Waals surface area (Å²) in [5.41, 5.74) is 0. The number of carbonyl (C=O) groups is 1. The van der Waals surface area contributed by atoms with E-state index in [9.17, 15) is 4.79 Å². The van der Waals surface area contributed by atoms with E-state index in [0.29, 0.717) is 6.42 Å². The molecule has 2 nitrogen and oxygen atoms in total. The molecular weight excluding hydrogens is 200 g/mol. The van der Waals surface area contributed by atoms with Crippen molar-refractivity contribution < 1.29 is 9.90 Å². The third-order valence-corrected chi connectivity index (χ3v) is 2.67. The minimum atomic E-state index is -0.708. The third kappa shape index (κ3) is 13.2. The summed E-state index contributed by atoms with van der Waals surface area (Å²) in [5, 5.41) is 8.42. The molecule has 0 aliphatic carbocycles. The fraction of sp³-hybridized carbons (Fsp3) is 0.786. The number of hydrogen-bond acceptors (Lipinski definition) is 1. The molecule has 0 rings (SSSR count). The highest BCUT2D eigenvalue weighted by atomic mass is 16.4. The Balaban J connectivity index is 3.05. The van der Waals surface area contributed by atoms with Crippen molar-refractivity contribution in [1.29, 1.82) is 0 Å². The number of hydrogen-bond donors (Lipinski definition) is 1. The lowest BCUT2D eigenvalue weighted by atomic mass is 10.1. The highest BCUT2D eigenvalue weighted by Gasteiger charge is 1.92. The molecule has 0 amide bonds. The fourth-order valence-electron chi connectivity index (χ4n) is 1.66. The predicted octanol–water partition coefficient (Wildman–Crippen LogP) is 4.55. The maximum Gasteiger partial charge on any atom is 0.303 e. The van der Waals surface area contributed by atoms with Crippen LogP contribution < -0.4 is 0 Å². The summed E-state index contributed by atoms with van der Waals surface area (Å²) in [6.07, 6.45) is 15.5. The van der Waals surface area contributed by atoms with Crippen molar-refractivity contribution in [3.63, 3.8) is 0 Å². The summed E-state index contributed by atoms with van der Waals surface area (Å²) in [6, 6.07) is 0. The minimum Gasteiger partial charge on any atom is -0.481 e. The molecule has 1 N–H and O–H groups in total. The normalized spacial score (nSPS) is 11.1. The molecule has 2 heteroatoms. The second-order valence-corrected chi connectivity index (χ2v) is 4.31. The standard InChI is InChI=1S/C14H26O2/c1-2-3-4-5-6-7-8-9-10-11-12-13-14(15)16/h10-11H,2-9,12-13H2,1H3,(H,15,16)/b11-10-. The van der Waals surface area contributed by atoms with Crippen molar-refractivity contribution in [2.24, 2.45) is 0 Å². The molecule has 0 aromatic carbocycles. The van der Waals surface area contributed by atoms with Crippen molar-refractivity contribution in [3.8, 4) is 0 Å². The molecule has 16 heavy (non-hydrogen) atoms. The molecule has 0 bridgehead atoms. The summed E-state index contributed by atoms with van der Waals surface area (Å²) in [5.74, 6) is -0.708. The van der Waals surface area contributed by atoms with Gasteiger partial charge in [-0.1, -0.05) is 57.6 Å². The van der Waals surface area contributed by atoms with Crippen molar-refractivity contribution in [2.75, 3.05) is 0 Å². The fourth-order valence-corrected chi connectivity index (χ4v) is 1.66. The lowest BCUT2D eigenvalue weighted by molar-refractivity contribution is -0.136. The Labute approximate surface area is 99.7 Å². The van der Waals surface area contributed by atoms with Crippen LogP contribution >= 0.6 is 0 Å². The van der Waals surface area contributed by atoms with E-state index in [1.165, 1.54) is 44.9 Å². The van der Waals surface area contributed by atoms with E-state index in [2.05, 4.69) is 13.0 Å². The average Bonchev–Trinajstić information content (AvgIpc) is 2.25. The van der Waals surface area contributed by atoms with E-state index in [4.69, 9.17) is 5.11 Å². The number of allylic oxidation sites excluding steroid dienone is 2. The topological polar surface area (TPSA) is 37.3 Å². The summed E-state index contributed by atoms with van der Waals surface area (Å²) in [6.45, 7) is 2.24. The van der Waals surface area contributed by atoms with Crippen LogP contribution in [0.5, 0.6) is 0 Å². The summed E-state index contributed by atoms with van der Waals surface area (Å²) >= 11 is 0. The Kier molecular flexibility index (Phi) is 11.7. The zero-order valence-corrected chi connectivity index (χ0v) is 10.6. The monoisotopic (exact) mass is 226 g/mol. The highest BCUT2D eigenvalue weighted by molar-refractivity contribution is 5.66. The first kappa shape index (κ1) is 15.2. The van der Waals surface area contributed by atoms with E-state index < -0.39 is 5.97 Å². The third-order valence-electron chi connectivity index (χ3n) is 2.67. The molecule has 0 aromatic heterocycles. The number of carboxylic acid groups (broad SMARTS) is 1. The predicted molar refractivity (Wildman–Crippen MR) is 68.6 cm³/mol. The first-order valence-corrected chi connectivity index (χ1v) is 6.64. The molecule has 0 unspecified atom stereocenters. The number of aliphatic carboxylic acids is 1. The van der Waals surface area contributed by atoms with Crippen LogP contribution in [0.1, 0.15) is 71.1 Å². The van der Waals surface area contributed by atoms with Gasteiger partial charge in [-0.15, -0.1) is 0 Å². The Hall–Kier alpha value is -0.790. The Morgan fingerprint density at radius 3 is 2.12 bits per heavy atom. The van der Waals surface area contributed by atoms with Crippen molar-refractivity contribution in [2.45, 2.75) is 71.1 Å². The molecule has 0 spiro atoms. The van der Waals surface area contributed by atoms with Crippen LogP contribution in [-0.2, 0) is 4.79 Å². The van der Waals surface area contributed by atoms with Crippen LogP contribution in [0.25, 0.3) is 0 Å². The maximum absolute atomic E-state index is 10.2. The van der Waals surface area contributed by atoms with E-state index in [1.54, 1.807) is 0 Å².